The molecule has 0 N–H and O–H groups in total. The first kappa shape index (κ1) is 17.5. The van der Waals surface area contributed by atoms with Gasteiger partial charge in [0.2, 0.25) is 8.32 Å². The molecule has 0 unspecified atom stereocenters. The highest BCUT2D eigenvalue weighted by Gasteiger charge is 2.42. The summed E-state index contributed by atoms with van der Waals surface area (Å²) in [6.07, 6.45) is -4.65. The molecule has 1 rings (SSSR count). The summed E-state index contributed by atoms with van der Waals surface area (Å²) in [5, 5.41) is -0.253. The van der Waals surface area contributed by atoms with Gasteiger partial charge in [0.05, 0.1) is 10.0 Å². The van der Waals surface area contributed by atoms with Crippen LogP contribution in [0.4, 0.5) is 17.6 Å². The van der Waals surface area contributed by atoms with Crippen molar-refractivity contribution in [3.63, 3.8) is 0 Å². The summed E-state index contributed by atoms with van der Waals surface area (Å²) in [5.74, 6) is -1.28. The molecule has 0 aliphatic heterocycles. The van der Waals surface area contributed by atoms with E-state index < -0.39 is 25.9 Å². The highest BCUT2D eigenvalue weighted by molar-refractivity contribution is 9.10. The fraction of sp³-hybridized carbons (Fsp3) is 0.538. The van der Waals surface area contributed by atoms with Crippen LogP contribution in [-0.4, -0.2) is 8.32 Å². The zero-order chi connectivity index (χ0) is 15.9. The molecule has 0 atom stereocenters. The van der Waals surface area contributed by atoms with Crippen LogP contribution in [0.3, 0.4) is 0 Å². The van der Waals surface area contributed by atoms with Gasteiger partial charge >= 0.3 is 6.18 Å². The third kappa shape index (κ3) is 3.75. The lowest BCUT2D eigenvalue weighted by molar-refractivity contribution is -0.138. The number of alkyl halides is 3. The molecule has 0 saturated heterocycles. The van der Waals surface area contributed by atoms with E-state index in [1.54, 1.807) is 0 Å². The predicted molar refractivity (Wildman–Crippen MR) is 76.9 cm³/mol. The van der Waals surface area contributed by atoms with Crippen LogP contribution in [0.5, 0.6) is 5.75 Å². The van der Waals surface area contributed by atoms with E-state index in [1.165, 1.54) is 0 Å². The molecular formula is C13H17BrF4OSi. The van der Waals surface area contributed by atoms with Crippen LogP contribution in [0, 0.1) is 5.82 Å². The van der Waals surface area contributed by atoms with Gasteiger partial charge in [0.25, 0.3) is 0 Å². The van der Waals surface area contributed by atoms with Crippen LogP contribution < -0.4 is 4.43 Å². The summed E-state index contributed by atoms with van der Waals surface area (Å²) in [6.45, 7) is 9.44. The molecule has 1 aromatic carbocycles. The fourth-order valence-corrected chi connectivity index (χ4v) is 2.61. The summed E-state index contributed by atoms with van der Waals surface area (Å²) in [5.41, 5.74) is -1.08. The van der Waals surface area contributed by atoms with Gasteiger partial charge in [0, 0.05) is 0 Å². The van der Waals surface area contributed by atoms with Crippen molar-refractivity contribution in [1.82, 2.24) is 0 Å². The van der Waals surface area contributed by atoms with Crippen LogP contribution in [0.2, 0.25) is 18.1 Å². The lowest BCUT2D eigenvalue weighted by Gasteiger charge is -2.37. The molecule has 0 fully saturated rings. The van der Waals surface area contributed by atoms with E-state index in [2.05, 4.69) is 15.9 Å². The molecule has 0 aliphatic rings. The lowest BCUT2D eigenvalue weighted by atomic mass is 10.2. The van der Waals surface area contributed by atoms with Crippen molar-refractivity contribution in [2.75, 3.05) is 0 Å². The van der Waals surface area contributed by atoms with Crippen LogP contribution in [-0.2, 0) is 6.18 Å². The van der Waals surface area contributed by atoms with E-state index in [1.807, 2.05) is 33.9 Å². The molecule has 7 heteroatoms. The first-order valence-corrected chi connectivity index (χ1v) is 9.71. The second-order valence-electron chi connectivity index (χ2n) is 6.12. The highest BCUT2D eigenvalue weighted by Crippen LogP contribution is 2.43. The second kappa shape index (κ2) is 5.33. The number of benzene rings is 1. The highest BCUT2D eigenvalue weighted by atomic mass is 79.9. The third-order valence-electron chi connectivity index (χ3n) is 3.50. The molecule has 114 valence electrons. The molecule has 0 amide bonds. The van der Waals surface area contributed by atoms with Crippen molar-refractivity contribution < 1.29 is 22.0 Å². The van der Waals surface area contributed by atoms with E-state index in [0.29, 0.717) is 6.07 Å². The molecule has 20 heavy (non-hydrogen) atoms. The Morgan fingerprint density at radius 2 is 1.60 bits per heavy atom. The summed E-state index contributed by atoms with van der Waals surface area (Å²) in [6, 6.07) is 1.52. The molecule has 0 heterocycles. The van der Waals surface area contributed by atoms with Crippen LogP contribution in [0.25, 0.3) is 0 Å². The van der Waals surface area contributed by atoms with Gasteiger partial charge in [-0.1, -0.05) is 20.8 Å². The smallest absolute Gasteiger partial charge is 0.420 e. The quantitative estimate of drug-likeness (QED) is 0.457. The number of rotatable bonds is 2. The Bertz CT molecular complexity index is 506. The Hall–Kier alpha value is -0.563. The first-order chi connectivity index (χ1) is 8.75. The summed E-state index contributed by atoms with van der Waals surface area (Å²) in [4.78, 5) is 0. The topological polar surface area (TPSA) is 9.23 Å². The molecule has 0 aromatic heterocycles. The maximum absolute atomic E-state index is 13.4. The Labute approximate surface area is 125 Å². The largest absolute Gasteiger partial charge is 0.543 e. The van der Waals surface area contributed by atoms with E-state index in [-0.39, 0.29) is 15.3 Å². The van der Waals surface area contributed by atoms with Gasteiger partial charge in [-0.15, -0.1) is 0 Å². The Kier molecular flexibility index (Phi) is 4.66. The Morgan fingerprint density at radius 1 is 1.10 bits per heavy atom. The fourth-order valence-electron chi connectivity index (χ4n) is 1.26. The number of halogens is 5. The average molecular weight is 373 g/mol. The van der Waals surface area contributed by atoms with Crippen LogP contribution in [0.15, 0.2) is 16.6 Å². The Morgan fingerprint density at radius 3 is 2.00 bits per heavy atom. The molecule has 0 aliphatic carbocycles. The minimum Gasteiger partial charge on any atom is -0.543 e. The maximum atomic E-state index is 13.4. The van der Waals surface area contributed by atoms with Gasteiger partial charge in [0.15, 0.2) is 0 Å². The number of hydrogen-bond donors (Lipinski definition) is 0. The van der Waals surface area contributed by atoms with E-state index in [0.717, 1.165) is 6.07 Å². The monoisotopic (exact) mass is 372 g/mol. The van der Waals surface area contributed by atoms with E-state index >= 15 is 0 Å². The van der Waals surface area contributed by atoms with E-state index in [4.69, 9.17) is 4.43 Å². The maximum Gasteiger partial charge on any atom is 0.420 e. The summed E-state index contributed by atoms with van der Waals surface area (Å²) >= 11 is 2.90. The van der Waals surface area contributed by atoms with Crippen molar-refractivity contribution in [2.24, 2.45) is 0 Å². The molecule has 0 saturated carbocycles. The number of hydrogen-bond acceptors (Lipinski definition) is 1. The molecule has 0 radical (unpaired) electrons. The van der Waals surface area contributed by atoms with Crippen LogP contribution >= 0.6 is 15.9 Å². The third-order valence-corrected chi connectivity index (χ3v) is 8.45. The first-order valence-electron chi connectivity index (χ1n) is 6.01. The molecule has 0 bridgehead atoms. The van der Waals surface area contributed by atoms with Crippen LogP contribution in [0.1, 0.15) is 26.3 Å². The normalized spacial score (nSPS) is 13.5. The molecule has 1 nitrogen and oxygen atoms in total. The summed E-state index contributed by atoms with van der Waals surface area (Å²) in [7, 11) is -2.44. The predicted octanol–water partition coefficient (Wildman–Crippen LogP) is 5.99. The average Bonchev–Trinajstić information content (AvgIpc) is 2.19. The van der Waals surface area contributed by atoms with Gasteiger partial charge < -0.3 is 4.43 Å². The van der Waals surface area contributed by atoms with Gasteiger partial charge in [-0.2, -0.15) is 13.2 Å². The molecule has 0 spiro atoms. The SMILES string of the molecule is CC(C)(C)[Si](C)(C)Oc1cc(Br)c(F)cc1C(F)(F)F. The van der Waals surface area contributed by atoms with Gasteiger partial charge in [-0.25, -0.2) is 4.39 Å². The molecule has 1 aromatic rings. The standard InChI is InChI=1S/C13H17BrF4OSi/c1-12(2,3)20(4,5)19-11-7-9(14)10(15)6-8(11)13(16,17)18/h6-7H,1-5H3. The molecular weight excluding hydrogens is 356 g/mol. The summed E-state index contributed by atoms with van der Waals surface area (Å²) < 4.78 is 58.0. The van der Waals surface area contributed by atoms with Gasteiger partial charge in [0.1, 0.15) is 11.6 Å². The van der Waals surface area contributed by atoms with Gasteiger partial charge in [-0.05, 0) is 46.2 Å². The van der Waals surface area contributed by atoms with Crippen molar-refractivity contribution in [2.45, 2.75) is 45.1 Å². The van der Waals surface area contributed by atoms with Crippen molar-refractivity contribution in [1.29, 1.82) is 0 Å². The minimum absolute atomic E-state index is 0.0424. The minimum atomic E-state index is -4.65. The zero-order valence-electron chi connectivity index (χ0n) is 12.0. The zero-order valence-corrected chi connectivity index (χ0v) is 14.5. The van der Waals surface area contributed by atoms with E-state index in [9.17, 15) is 17.6 Å². The van der Waals surface area contributed by atoms with Crippen molar-refractivity contribution in [3.05, 3.63) is 28.0 Å². The van der Waals surface area contributed by atoms with Crippen molar-refractivity contribution in [3.8, 4) is 5.75 Å². The second-order valence-corrected chi connectivity index (χ2v) is 11.7. The lowest BCUT2D eigenvalue weighted by Crippen LogP contribution is -2.44. The Balaban J connectivity index is 3.35. The van der Waals surface area contributed by atoms with Crippen molar-refractivity contribution >= 4 is 24.2 Å². The van der Waals surface area contributed by atoms with Gasteiger partial charge in [-0.3, -0.25) is 0 Å².